The molecule has 0 fully saturated rings. The van der Waals surface area contributed by atoms with Gasteiger partial charge in [0.1, 0.15) is 17.3 Å². The van der Waals surface area contributed by atoms with Gasteiger partial charge in [0.2, 0.25) is 0 Å². The number of rotatable bonds is 5. The molecule has 3 N–H and O–H groups in total. The Bertz CT molecular complexity index is 643. The first-order chi connectivity index (χ1) is 9.56. The van der Waals surface area contributed by atoms with Gasteiger partial charge >= 0.3 is 0 Å². The summed E-state index contributed by atoms with van der Waals surface area (Å²) >= 11 is 9.46. The second-order valence-corrected chi connectivity index (χ2v) is 6.80. The molecule has 0 atom stereocenters. The molecule has 0 aliphatic rings. The number of halogens is 1. The van der Waals surface area contributed by atoms with Crippen LogP contribution < -0.4 is 15.8 Å². The van der Waals surface area contributed by atoms with Gasteiger partial charge in [0.05, 0.1) is 14.4 Å². The Morgan fingerprint density at radius 3 is 2.75 bits per heavy atom. The number of thiocarbonyl (C=S) groups is 1. The monoisotopic (exact) mass is 370 g/mol. The van der Waals surface area contributed by atoms with Crippen molar-refractivity contribution in [2.75, 3.05) is 11.9 Å². The second-order valence-electron chi connectivity index (χ2n) is 3.81. The largest absolute Gasteiger partial charge is 0.484 e. The van der Waals surface area contributed by atoms with Gasteiger partial charge < -0.3 is 15.8 Å². The van der Waals surface area contributed by atoms with E-state index < -0.39 is 0 Å². The van der Waals surface area contributed by atoms with Gasteiger partial charge in [-0.1, -0.05) is 24.4 Å². The number of hydrogen-bond acceptors (Lipinski definition) is 4. The Morgan fingerprint density at radius 2 is 2.10 bits per heavy atom. The normalized spacial score (nSPS) is 10.1. The molecule has 0 radical (unpaired) electrons. The van der Waals surface area contributed by atoms with E-state index in [0.29, 0.717) is 16.3 Å². The number of nitrogens with one attached hydrogen (secondary N) is 1. The summed E-state index contributed by atoms with van der Waals surface area (Å²) in [5.41, 5.74) is 5.98. The number of nitrogens with two attached hydrogens (primary N) is 1. The topological polar surface area (TPSA) is 64.3 Å². The van der Waals surface area contributed by atoms with E-state index in [1.54, 1.807) is 18.2 Å². The Morgan fingerprint density at radius 1 is 1.35 bits per heavy atom. The fraction of sp³-hybridized carbons (Fsp3) is 0.0769. The van der Waals surface area contributed by atoms with Crippen LogP contribution in [0.25, 0.3) is 0 Å². The molecule has 1 heterocycles. The molecule has 0 aliphatic carbocycles. The highest BCUT2D eigenvalue weighted by Gasteiger charge is 2.11. The van der Waals surface area contributed by atoms with Crippen molar-refractivity contribution in [1.82, 2.24) is 0 Å². The summed E-state index contributed by atoms with van der Waals surface area (Å²) in [6, 6.07) is 10.7. The average Bonchev–Trinajstić information content (AvgIpc) is 2.84. The summed E-state index contributed by atoms with van der Waals surface area (Å²) in [4.78, 5) is 13.0. The lowest BCUT2D eigenvalue weighted by Gasteiger charge is -2.11. The lowest BCUT2D eigenvalue weighted by atomic mass is 10.3. The molecule has 20 heavy (non-hydrogen) atoms. The minimum Gasteiger partial charge on any atom is -0.484 e. The summed E-state index contributed by atoms with van der Waals surface area (Å²) in [6.07, 6.45) is 0. The van der Waals surface area contributed by atoms with Crippen molar-refractivity contribution in [3.63, 3.8) is 0 Å². The highest BCUT2D eigenvalue weighted by molar-refractivity contribution is 9.11. The number of amides is 1. The van der Waals surface area contributed by atoms with Crippen LogP contribution in [0.1, 0.15) is 9.67 Å². The number of ether oxygens (including phenoxy) is 1. The maximum atomic E-state index is 12.1. The molecular formula is C13H11BrN2O2S2. The number of benzene rings is 1. The zero-order valence-corrected chi connectivity index (χ0v) is 13.5. The summed E-state index contributed by atoms with van der Waals surface area (Å²) in [5.74, 6) is 0.344. The quantitative estimate of drug-likeness (QED) is 0.791. The third kappa shape index (κ3) is 4.03. The van der Waals surface area contributed by atoms with Crippen molar-refractivity contribution >= 4 is 56.1 Å². The molecule has 1 aromatic heterocycles. The number of anilines is 1. The van der Waals surface area contributed by atoms with Gasteiger partial charge in [-0.15, -0.1) is 11.3 Å². The SMILES string of the molecule is NC(=S)COc1ccccc1NC(=O)c1ccc(Br)s1. The van der Waals surface area contributed by atoms with E-state index in [1.807, 2.05) is 18.2 Å². The van der Waals surface area contributed by atoms with Crippen LogP contribution >= 0.6 is 39.5 Å². The first-order valence-corrected chi connectivity index (χ1v) is 7.65. The molecule has 0 spiro atoms. The lowest BCUT2D eigenvalue weighted by Crippen LogP contribution is -2.19. The van der Waals surface area contributed by atoms with Crippen LogP contribution in [0.3, 0.4) is 0 Å². The smallest absolute Gasteiger partial charge is 0.265 e. The van der Waals surface area contributed by atoms with E-state index in [9.17, 15) is 4.79 Å². The van der Waals surface area contributed by atoms with Crippen molar-refractivity contribution < 1.29 is 9.53 Å². The van der Waals surface area contributed by atoms with E-state index in [4.69, 9.17) is 22.7 Å². The number of thiophene rings is 1. The van der Waals surface area contributed by atoms with Crippen LogP contribution in [0.15, 0.2) is 40.2 Å². The molecular weight excluding hydrogens is 360 g/mol. The van der Waals surface area contributed by atoms with Crippen LogP contribution in [-0.4, -0.2) is 17.5 Å². The number of carbonyl (C=O) groups excluding carboxylic acids is 1. The second kappa shape index (κ2) is 6.83. The minimum atomic E-state index is -0.188. The Kier molecular flexibility index (Phi) is 5.11. The Labute approximate surface area is 134 Å². The van der Waals surface area contributed by atoms with Crippen molar-refractivity contribution in [3.05, 3.63) is 45.1 Å². The molecule has 1 amide bonds. The van der Waals surface area contributed by atoms with E-state index in [2.05, 4.69) is 21.2 Å². The first kappa shape index (κ1) is 15.0. The van der Waals surface area contributed by atoms with Crippen molar-refractivity contribution in [2.24, 2.45) is 5.73 Å². The van der Waals surface area contributed by atoms with Crippen LogP contribution in [0, 0.1) is 0 Å². The van der Waals surface area contributed by atoms with E-state index >= 15 is 0 Å². The van der Waals surface area contributed by atoms with Gasteiger partial charge in [0, 0.05) is 0 Å². The van der Waals surface area contributed by atoms with Crippen LogP contribution in [-0.2, 0) is 0 Å². The molecule has 0 aliphatic heterocycles. The summed E-state index contributed by atoms with van der Waals surface area (Å²) in [5, 5.41) is 2.81. The number of carbonyl (C=O) groups is 1. The van der Waals surface area contributed by atoms with Crippen LogP contribution in [0.2, 0.25) is 0 Å². The Balaban J connectivity index is 2.12. The van der Waals surface area contributed by atoms with Crippen molar-refractivity contribution in [2.45, 2.75) is 0 Å². The fourth-order valence-electron chi connectivity index (χ4n) is 1.46. The molecule has 0 unspecified atom stereocenters. The van der Waals surface area contributed by atoms with Gasteiger partial charge in [0.25, 0.3) is 5.91 Å². The molecule has 104 valence electrons. The van der Waals surface area contributed by atoms with Gasteiger partial charge in [-0.3, -0.25) is 4.79 Å². The molecule has 0 saturated heterocycles. The maximum Gasteiger partial charge on any atom is 0.265 e. The van der Waals surface area contributed by atoms with Gasteiger partial charge in [0.15, 0.2) is 0 Å². The molecule has 2 aromatic rings. The molecule has 4 nitrogen and oxygen atoms in total. The zero-order chi connectivity index (χ0) is 14.5. The molecule has 0 saturated carbocycles. The fourth-order valence-corrected chi connectivity index (χ4v) is 2.81. The van der Waals surface area contributed by atoms with Gasteiger partial charge in [-0.2, -0.15) is 0 Å². The molecule has 7 heteroatoms. The van der Waals surface area contributed by atoms with E-state index in [-0.39, 0.29) is 17.5 Å². The molecule has 0 bridgehead atoms. The highest BCUT2D eigenvalue weighted by atomic mass is 79.9. The predicted molar refractivity (Wildman–Crippen MR) is 88.7 cm³/mol. The van der Waals surface area contributed by atoms with E-state index in [0.717, 1.165) is 3.79 Å². The van der Waals surface area contributed by atoms with Gasteiger partial charge in [-0.25, -0.2) is 0 Å². The molecule has 2 rings (SSSR count). The van der Waals surface area contributed by atoms with E-state index in [1.165, 1.54) is 11.3 Å². The third-order valence-electron chi connectivity index (χ3n) is 2.30. The standard InChI is InChI=1S/C13H11BrN2O2S2/c14-11-6-5-10(20-11)13(17)16-8-3-1-2-4-9(8)18-7-12(15)19/h1-6H,7H2,(H2,15,19)(H,16,17). The summed E-state index contributed by atoms with van der Waals surface area (Å²) < 4.78 is 6.36. The maximum absolute atomic E-state index is 12.1. The average molecular weight is 371 g/mol. The van der Waals surface area contributed by atoms with Gasteiger partial charge in [-0.05, 0) is 40.2 Å². The summed E-state index contributed by atoms with van der Waals surface area (Å²) in [6.45, 7) is 0.132. The third-order valence-corrected chi connectivity index (χ3v) is 4.04. The predicted octanol–water partition coefficient (Wildman–Crippen LogP) is 3.43. The highest BCUT2D eigenvalue weighted by Crippen LogP contribution is 2.27. The minimum absolute atomic E-state index is 0.132. The van der Waals surface area contributed by atoms with Crippen molar-refractivity contribution in [3.8, 4) is 5.75 Å². The lowest BCUT2D eigenvalue weighted by molar-refractivity contribution is 0.103. The van der Waals surface area contributed by atoms with Crippen LogP contribution in [0.5, 0.6) is 5.75 Å². The zero-order valence-electron chi connectivity index (χ0n) is 10.3. The summed E-state index contributed by atoms with van der Waals surface area (Å²) in [7, 11) is 0. The Hall–Kier alpha value is -1.44. The number of para-hydroxylation sites is 2. The molecule has 1 aromatic carbocycles. The van der Waals surface area contributed by atoms with Crippen LogP contribution in [0.4, 0.5) is 5.69 Å². The number of hydrogen-bond donors (Lipinski definition) is 2. The first-order valence-electron chi connectivity index (χ1n) is 5.63. The van der Waals surface area contributed by atoms with Crippen molar-refractivity contribution in [1.29, 1.82) is 0 Å².